The smallest absolute Gasteiger partial charge is 0.308 e. The van der Waals surface area contributed by atoms with Gasteiger partial charge >= 0.3 is 5.97 Å². The van der Waals surface area contributed by atoms with E-state index < -0.39 is 11.9 Å². The molecule has 0 fully saturated rings. The predicted molar refractivity (Wildman–Crippen MR) is 150 cm³/mol. The predicted octanol–water partition coefficient (Wildman–Crippen LogP) is 5.19. The van der Waals surface area contributed by atoms with Crippen LogP contribution in [0.1, 0.15) is 59.7 Å². The first kappa shape index (κ1) is 27.0. The largest absolute Gasteiger partial charge is 0.465 e. The van der Waals surface area contributed by atoms with E-state index in [-0.39, 0.29) is 41.9 Å². The van der Waals surface area contributed by atoms with Gasteiger partial charge in [0.15, 0.2) is 5.78 Å². The number of imide groups is 1. The molecule has 0 saturated heterocycles. The summed E-state index contributed by atoms with van der Waals surface area (Å²) in [7, 11) is 0. The van der Waals surface area contributed by atoms with Gasteiger partial charge in [0, 0.05) is 24.7 Å². The lowest BCUT2D eigenvalue weighted by Crippen LogP contribution is -2.31. The van der Waals surface area contributed by atoms with Crippen molar-refractivity contribution in [2.24, 2.45) is 0 Å². The Balaban J connectivity index is 1.29. The Labute approximate surface area is 235 Å². The van der Waals surface area contributed by atoms with E-state index in [0.717, 1.165) is 0 Å². The number of anilines is 1. The fourth-order valence-corrected chi connectivity index (χ4v) is 4.39. The highest BCUT2D eigenvalue weighted by Gasteiger charge is 2.34. The number of furan rings is 1. The van der Waals surface area contributed by atoms with Crippen LogP contribution < -0.4 is 10.1 Å². The highest BCUT2D eigenvalue weighted by molar-refractivity contribution is 6.21. The molecular weight excluding hydrogens is 524 g/mol. The number of carbonyl (C=O) groups excluding carboxylic acids is 5. The Morgan fingerprint density at radius 1 is 0.902 bits per heavy atom. The van der Waals surface area contributed by atoms with Crippen LogP contribution in [0.4, 0.5) is 5.69 Å². The van der Waals surface area contributed by atoms with E-state index in [0.29, 0.717) is 33.7 Å². The molecule has 0 bridgehead atoms. The maximum Gasteiger partial charge on any atom is 0.308 e. The molecule has 41 heavy (non-hydrogen) atoms. The monoisotopic (exact) mass is 548 g/mol. The molecule has 9 nitrogen and oxygen atoms in total. The van der Waals surface area contributed by atoms with Crippen LogP contribution in [-0.4, -0.2) is 40.9 Å². The van der Waals surface area contributed by atoms with Crippen molar-refractivity contribution in [1.29, 1.82) is 0 Å². The molecule has 5 rings (SSSR count). The van der Waals surface area contributed by atoms with Crippen LogP contribution in [0.2, 0.25) is 0 Å². The Kier molecular flexibility index (Phi) is 7.69. The van der Waals surface area contributed by atoms with Gasteiger partial charge in [0.05, 0.1) is 23.0 Å². The van der Waals surface area contributed by atoms with Crippen LogP contribution in [0, 0.1) is 0 Å². The molecule has 4 aromatic rings. The zero-order valence-electron chi connectivity index (χ0n) is 22.0. The number of amides is 3. The number of benzene rings is 3. The third-order valence-electron chi connectivity index (χ3n) is 6.41. The lowest BCUT2D eigenvalue weighted by molar-refractivity contribution is -0.131. The normalized spacial score (nSPS) is 12.5. The van der Waals surface area contributed by atoms with Gasteiger partial charge in [0.1, 0.15) is 11.5 Å². The number of rotatable bonds is 9. The Morgan fingerprint density at radius 2 is 1.61 bits per heavy atom. The molecule has 2 heterocycles. The zero-order valence-corrected chi connectivity index (χ0v) is 22.0. The number of carbonyl (C=O) groups is 5. The summed E-state index contributed by atoms with van der Waals surface area (Å²) in [6, 6.07) is 21.2. The Bertz CT molecular complexity index is 1650. The van der Waals surface area contributed by atoms with Crippen molar-refractivity contribution in [2.45, 2.75) is 13.3 Å². The lowest BCUT2D eigenvalue weighted by atomic mass is 10.1. The summed E-state index contributed by atoms with van der Waals surface area (Å²) in [5.41, 5.74) is 2.33. The molecule has 204 valence electrons. The molecule has 0 aliphatic carbocycles. The molecule has 9 heteroatoms. The van der Waals surface area contributed by atoms with Crippen molar-refractivity contribution in [2.75, 3.05) is 11.9 Å². The van der Waals surface area contributed by atoms with Crippen LogP contribution in [0.25, 0.3) is 6.08 Å². The molecule has 0 saturated carbocycles. The quantitative estimate of drug-likeness (QED) is 0.100. The van der Waals surface area contributed by atoms with Crippen molar-refractivity contribution in [1.82, 2.24) is 4.90 Å². The number of hydrogen-bond donors (Lipinski definition) is 1. The molecule has 1 aliphatic heterocycles. The summed E-state index contributed by atoms with van der Waals surface area (Å²) in [5.74, 6) is -1.48. The standard InChI is InChI=1S/C32H24N2O7/c1-20(35)41-29-15-8-21(16-17-34-31(38)25-6-2-3-7-26(25)32(34)39)19-27(29)30(37)33-23-11-9-22(10-12-23)28(36)14-13-24-5-4-18-40-24/h2-15,18-19H,16-17H2,1H3,(H,33,37)/b14-13+. The number of esters is 1. The minimum atomic E-state index is -0.594. The molecule has 0 spiro atoms. The van der Waals surface area contributed by atoms with Crippen LogP contribution in [0.5, 0.6) is 5.75 Å². The van der Waals surface area contributed by atoms with Crippen molar-refractivity contribution in [3.05, 3.63) is 125 Å². The molecular formula is C32H24N2O7. The average Bonchev–Trinajstić information content (AvgIpc) is 3.58. The molecule has 1 aromatic heterocycles. The van der Waals surface area contributed by atoms with Gasteiger partial charge in [-0.1, -0.05) is 18.2 Å². The summed E-state index contributed by atoms with van der Waals surface area (Å²) in [6.45, 7) is 1.35. The van der Waals surface area contributed by atoms with Crippen LogP contribution in [-0.2, 0) is 11.2 Å². The van der Waals surface area contributed by atoms with Gasteiger partial charge in [-0.05, 0) is 84.8 Å². The highest BCUT2D eigenvalue weighted by atomic mass is 16.5. The van der Waals surface area contributed by atoms with Crippen molar-refractivity contribution in [3.63, 3.8) is 0 Å². The minimum Gasteiger partial charge on any atom is -0.465 e. The first-order valence-electron chi connectivity index (χ1n) is 12.7. The van der Waals surface area contributed by atoms with E-state index in [2.05, 4.69) is 5.32 Å². The highest BCUT2D eigenvalue weighted by Crippen LogP contribution is 2.25. The first-order valence-corrected chi connectivity index (χ1v) is 12.7. The van der Waals surface area contributed by atoms with Crippen LogP contribution >= 0.6 is 0 Å². The van der Waals surface area contributed by atoms with Crippen molar-refractivity contribution < 1.29 is 33.1 Å². The topological polar surface area (TPSA) is 123 Å². The fraction of sp³-hybridized carbons (Fsp3) is 0.0938. The number of nitrogens with zero attached hydrogens (tertiary/aromatic N) is 1. The second kappa shape index (κ2) is 11.7. The number of allylic oxidation sites excluding steroid dienone is 1. The summed E-state index contributed by atoms with van der Waals surface area (Å²) >= 11 is 0. The second-order valence-corrected chi connectivity index (χ2v) is 9.23. The Hall–Kier alpha value is -5.57. The van der Waals surface area contributed by atoms with Gasteiger partial charge in [0.25, 0.3) is 17.7 Å². The van der Waals surface area contributed by atoms with Crippen molar-refractivity contribution in [3.8, 4) is 5.75 Å². The molecule has 0 radical (unpaired) electrons. The van der Waals surface area contributed by atoms with Gasteiger partial charge in [0.2, 0.25) is 0 Å². The maximum absolute atomic E-state index is 13.2. The van der Waals surface area contributed by atoms with E-state index in [1.807, 2.05) is 0 Å². The lowest BCUT2D eigenvalue weighted by Gasteiger charge is -2.15. The first-order chi connectivity index (χ1) is 19.8. The summed E-state index contributed by atoms with van der Waals surface area (Å²) < 4.78 is 10.4. The molecule has 1 aliphatic rings. The maximum atomic E-state index is 13.2. The number of ketones is 1. The van der Waals surface area contributed by atoms with Gasteiger partial charge in [-0.15, -0.1) is 0 Å². The van der Waals surface area contributed by atoms with Gasteiger partial charge in [-0.25, -0.2) is 0 Å². The van der Waals surface area contributed by atoms with E-state index >= 15 is 0 Å². The van der Waals surface area contributed by atoms with Gasteiger partial charge in [-0.2, -0.15) is 0 Å². The van der Waals surface area contributed by atoms with Gasteiger partial charge in [-0.3, -0.25) is 28.9 Å². The number of fused-ring (bicyclic) bond motifs is 1. The molecule has 3 amide bonds. The Morgan fingerprint density at radius 3 is 2.24 bits per heavy atom. The minimum absolute atomic E-state index is 0.0642. The SMILES string of the molecule is CC(=O)Oc1ccc(CCN2C(=O)c3ccccc3C2=O)cc1C(=O)Nc1ccc(C(=O)/C=C/c2ccco2)cc1. The molecule has 3 aromatic carbocycles. The third kappa shape index (κ3) is 6.04. The number of ether oxygens (including phenoxy) is 1. The molecule has 0 atom stereocenters. The summed E-state index contributed by atoms with van der Waals surface area (Å²) in [6.07, 6.45) is 4.76. The van der Waals surface area contributed by atoms with Crippen LogP contribution in [0.3, 0.4) is 0 Å². The van der Waals surface area contributed by atoms with E-state index in [4.69, 9.17) is 9.15 Å². The second-order valence-electron chi connectivity index (χ2n) is 9.23. The van der Waals surface area contributed by atoms with Gasteiger partial charge < -0.3 is 14.5 Å². The van der Waals surface area contributed by atoms with E-state index in [1.165, 1.54) is 30.2 Å². The van der Waals surface area contributed by atoms with E-state index in [1.54, 1.807) is 78.9 Å². The number of nitrogens with one attached hydrogen (secondary N) is 1. The summed E-state index contributed by atoms with van der Waals surface area (Å²) in [4.78, 5) is 63.9. The summed E-state index contributed by atoms with van der Waals surface area (Å²) in [5, 5.41) is 2.75. The molecule has 1 N–H and O–H groups in total. The zero-order chi connectivity index (χ0) is 28.9. The molecule has 0 unspecified atom stereocenters. The number of hydrogen-bond acceptors (Lipinski definition) is 7. The third-order valence-corrected chi connectivity index (χ3v) is 6.41. The average molecular weight is 549 g/mol. The van der Waals surface area contributed by atoms with Crippen molar-refractivity contribution >= 4 is 41.2 Å². The fourth-order valence-electron chi connectivity index (χ4n) is 4.39. The van der Waals surface area contributed by atoms with E-state index in [9.17, 15) is 24.0 Å². The van der Waals surface area contributed by atoms with Crippen LogP contribution in [0.15, 0.2) is 95.6 Å².